The summed E-state index contributed by atoms with van der Waals surface area (Å²) in [4.78, 5) is 11.7. The summed E-state index contributed by atoms with van der Waals surface area (Å²) in [6, 6.07) is 0.351. The van der Waals surface area contributed by atoms with Crippen molar-refractivity contribution >= 4 is 6.03 Å². The molecule has 2 fully saturated rings. The minimum Gasteiger partial charge on any atom is -0.376 e. The lowest BCUT2D eigenvalue weighted by Gasteiger charge is -2.40. The van der Waals surface area contributed by atoms with Crippen molar-refractivity contribution in [1.29, 1.82) is 0 Å². The second kappa shape index (κ2) is 5.71. The highest BCUT2D eigenvalue weighted by atomic mass is 16.5. The van der Waals surface area contributed by atoms with Gasteiger partial charge in [-0.25, -0.2) is 4.79 Å². The fourth-order valence-electron chi connectivity index (χ4n) is 2.75. The second-order valence-corrected chi connectivity index (χ2v) is 5.40. The Bertz CT molecular complexity index is 253. The third kappa shape index (κ3) is 3.35. The van der Waals surface area contributed by atoms with Crippen molar-refractivity contribution in [1.82, 2.24) is 10.6 Å². The molecule has 98 valence electrons. The van der Waals surface area contributed by atoms with E-state index >= 15 is 0 Å². The summed E-state index contributed by atoms with van der Waals surface area (Å²) in [7, 11) is 1.74. The van der Waals surface area contributed by atoms with E-state index in [1.54, 1.807) is 7.11 Å². The van der Waals surface area contributed by atoms with Crippen molar-refractivity contribution < 1.29 is 9.53 Å². The van der Waals surface area contributed by atoms with E-state index in [0.29, 0.717) is 12.6 Å². The smallest absolute Gasteiger partial charge is 0.315 e. The van der Waals surface area contributed by atoms with Gasteiger partial charge in [-0.15, -0.1) is 0 Å². The predicted octanol–water partition coefficient (Wildman–Crippen LogP) is 2.19. The molecule has 0 aromatic heterocycles. The van der Waals surface area contributed by atoms with E-state index in [1.165, 1.54) is 25.7 Å². The molecule has 2 amide bonds. The maximum atomic E-state index is 11.7. The monoisotopic (exact) mass is 240 g/mol. The van der Waals surface area contributed by atoms with Crippen LogP contribution in [0.2, 0.25) is 0 Å². The topological polar surface area (TPSA) is 50.4 Å². The van der Waals surface area contributed by atoms with Crippen LogP contribution in [0.1, 0.15) is 51.4 Å². The summed E-state index contributed by atoms with van der Waals surface area (Å²) in [5, 5.41) is 6.01. The Labute approximate surface area is 103 Å². The Morgan fingerprint density at radius 2 is 1.94 bits per heavy atom. The van der Waals surface area contributed by atoms with Crippen LogP contribution >= 0.6 is 0 Å². The number of rotatable bonds is 4. The van der Waals surface area contributed by atoms with Gasteiger partial charge in [0.05, 0.1) is 5.60 Å². The highest BCUT2D eigenvalue weighted by Crippen LogP contribution is 2.34. The normalized spacial score (nSPS) is 23.8. The lowest BCUT2D eigenvalue weighted by molar-refractivity contribution is -0.0674. The number of carbonyl (C=O) groups excluding carboxylic acids is 1. The number of nitrogens with one attached hydrogen (secondary N) is 2. The SMILES string of the molecule is COC1(CNC(=O)NC2CCCCC2)CCC1. The first-order valence-corrected chi connectivity index (χ1v) is 6.84. The van der Waals surface area contributed by atoms with Crippen LogP contribution in [-0.4, -0.2) is 31.3 Å². The van der Waals surface area contributed by atoms with Gasteiger partial charge in [-0.3, -0.25) is 0 Å². The summed E-state index contributed by atoms with van der Waals surface area (Å²) < 4.78 is 5.47. The van der Waals surface area contributed by atoms with Crippen molar-refractivity contribution in [3.8, 4) is 0 Å². The third-order valence-electron chi connectivity index (χ3n) is 4.21. The Kier molecular flexibility index (Phi) is 4.26. The maximum absolute atomic E-state index is 11.7. The maximum Gasteiger partial charge on any atom is 0.315 e. The molecule has 2 rings (SSSR count). The minimum atomic E-state index is -0.0795. The van der Waals surface area contributed by atoms with E-state index in [-0.39, 0.29) is 11.6 Å². The number of ether oxygens (including phenoxy) is 1. The van der Waals surface area contributed by atoms with E-state index in [9.17, 15) is 4.79 Å². The van der Waals surface area contributed by atoms with Crippen molar-refractivity contribution in [2.45, 2.75) is 63.0 Å². The molecule has 2 aliphatic rings. The average molecular weight is 240 g/mol. The zero-order chi connectivity index (χ0) is 12.1. The Morgan fingerprint density at radius 3 is 2.47 bits per heavy atom. The molecule has 0 saturated heterocycles. The zero-order valence-electron chi connectivity index (χ0n) is 10.8. The van der Waals surface area contributed by atoms with E-state index in [0.717, 1.165) is 25.7 Å². The highest BCUT2D eigenvalue weighted by Gasteiger charge is 2.37. The van der Waals surface area contributed by atoms with Crippen LogP contribution in [0.25, 0.3) is 0 Å². The van der Waals surface area contributed by atoms with Crippen LogP contribution in [0.5, 0.6) is 0 Å². The summed E-state index contributed by atoms with van der Waals surface area (Å²) in [6.45, 7) is 0.641. The molecule has 0 unspecified atom stereocenters. The Hall–Kier alpha value is -0.770. The zero-order valence-corrected chi connectivity index (χ0v) is 10.8. The van der Waals surface area contributed by atoms with Gasteiger partial charge in [-0.2, -0.15) is 0 Å². The molecule has 4 heteroatoms. The van der Waals surface area contributed by atoms with Crippen LogP contribution < -0.4 is 10.6 Å². The van der Waals surface area contributed by atoms with Gasteiger partial charge in [0, 0.05) is 19.7 Å². The van der Waals surface area contributed by atoms with Gasteiger partial charge in [-0.05, 0) is 32.1 Å². The summed E-state index contributed by atoms with van der Waals surface area (Å²) in [5.41, 5.74) is -0.0795. The molecule has 2 saturated carbocycles. The molecular weight excluding hydrogens is 216 g/mol. The molecule has 0 spiro atoms. The van der Waals surface area contributed by atoms with Crippen molar-refractivity contribution in [2.24, 2.45) is 0 Å². The number of methoxy groups -OCH3 is 1. The quantitative estimate of drug-likeness (QED) is 0.791. The van der Waals surface area contributed by atoms with Gasteiger partial charge in [0.25, 0.3) is 0 Å². The summed E-state index contributed by atoms with van der Waals surface area (Å²) >= 11 is 0. The van der Waals surface area contributed by atoms with Gasteiger partial charge in [0.2, 0.25) is 0 Å². The van der Waals surface area contributed by atoms with Gasteiger partial charge < -0.3 is 15.4 Å². The molecule has 0 radical (unpaired) electrons. The highest BCUT2D eigenvalue weighted by molar-refractivity contribution is 5.74. The number of amides is 2. The largest absolute Gasteiger partial charge is 0.376 e. The first-order valence-electron chi connectivity index (χ1n) is 6.84. The fourth-order valence-corrected chi connectivity index (χ4v) is 2.75. The number of hydrogen-bond acceptors (Lipinski definition) is 2. The molecule has 0 bridgehead atoms. The summed E-state index contributed by atoms with van der Waals surface area (Å²) in [5.74, 6) is 0. The average Bonchev–Trinajstić information content (AvgIpc) is 2.29. The van der Waals surface area contributed by atoms with E-state index < -0.39 is 0 Å². The van der Waals surface area contributed by atoms with Crippen molar-refractivity contribution in [3.63, 3.8) is 0 Å². The first kappa shape index (κ1) is 12.7. The number of urea groups is 1. The van der Waals surface area contributed by atoms with Crippen LogP contribution in [-0.2, 0) is 4.74 Å². The molecule has 0 atom stereocenters. The molecule has 0 aromatic rings. The molecule has 0 heterocycles. The minimum absolute atomic E-state index is 0.0276. The predicted molar refractivity (Wildman–Crippen MR) is 67.0 cm³/mol. The summed E-state index contributed by atoms with van der Waals surface area (Å²) in [6.07, 6.45) is 9.39. The molecule has 2 aliphatic carbocycles. The number of carbonyl (C=O) groups is 1. The lowest BCUT2D eigenvalue weighted by Crippen LogP contribution is -2.52. The molecule has 0 aliphatic heterocycles. The van der Waals surface area contributed by atoms with Crippen LogP contribution in [0.3, 0.4) is 0 Å². The van der Waals surface area contributed by atoms with Gasteiger partial charge in [-0.1, -0.05) is 19.3 Å². The van der Waals surface area contributed by atoms with Crippen LogP contribution in [0.4, 0.5) is 4.79 Å². The first-order chi connectivity index (χ1) is 8.24. The van der Waals surface area contributed by atoms with Gasteiger partial charge >= 0.3 is 6.03 Å². The lowest BCUT2D eigenvalue weighted by atomic mass is 9.80. The molecule has 4 nitrogen and oxygen atoms in total. The molecular formula is C13H24N2O2. The van der Waals surface area contributed by atoms with E-state index in [4.69, 9.17) is 4.74 Å². The molecule has 0 aromatic carbocycles. The molecule has 2 N–H and O–H groups in total. The van der Waals surface area contributed by atoms with Crippen molar-refractivity contribution in [3.05, 3.63) is 0 Å². The van der Waals surface area contributed by atoms with E-state index in [2.05, 4.69) is 10.6 Å². The van der Waals surface area contributed by atoms with Gasteiger partial charge in [0.15, 0.2) is 0 Å². The van der Waals surface area contributed by atoms with Crippen LogP contribution in [0.15, 0.2) is 0 Å². The van der Waals surface area contributed by atoms with Gasteiger partial charge in [0.1, 0.15) is 0 Å². The Balaban J connectivity index is 1.66. The van der Waals surface area contributed by atoms with E-state index in [1.807, 2.05) is 0 Å². The molecule has 17 heavy (non-hydrogen) atoms. The van der Waals surface area contributed by atoms with Crippen LogP contribution in [0, 0.1) is 0 Å². The second-order valence-electron chi connectivity index (χ2n) is 5.40. The third-order valence-corrected chi connectivity index (χ3v) is 4.21. The van der Waals surface area contributed by atoms with Crippen molar-refractivity contribution in [2.75, 3.05) is 13.7 Å². The fraction of sp³-hybridized carbons (Fsp3) is 0.923. The Morgan fingerprint density at radius 1 is 1.24 bits per heavy atom. The number of hydrogen-bond donors (Lipinski definition) is 2. The standard InChI is InChI=1S/C13H24N2O2/c1-17-13(8-5-9-13)10-14-12(16)15-11-6-3-2-4-7-11/h11H,2-10H2,1H3,(H2,14,15,16).